The van der Waals surface area contributed by atoms with Crippen molar-refractivity contribution < 1.29 is 19.1 Å². The van der Waals surface area contributed by atoms with Crippen LogP contribution in [0.5, 0.6) is 0 Å². The summed E-state index contributed by atoms with van der Waals surface area (Å²) in [5.74, 6) is -0.215. The average molecular weight is 277 g/mol. The number of aromatic nitrogens is 2. The maximum atomic E-state index is 11.5. The summed E-state index contributed by atoms with van der Waals surface area (Å²) in [7, 11) is 2.60. The largest absolute Gasteiger partial charge is 0.468 e. The molecule has 2 aromatic heterocycles. The zero-order valence-electron chi connectivity index (χ0n) is 11.3. The molecule has 0 spiro atoms. The Labute approximate surface area is 115 Å². The van der Waals surface area contributed by atoms with Gasteiger partial charge in [0.25, 0.3) is 0 Å². The zero-order valence-corrected chi connectivity index (χ0v) is 11.3. The van der Waals surface area contributed by atoms with Crippen molar-refractivity contribution in [2.24, 2.45) is 0 Å². The van der Waals surface area contributed by atoms with Gasteiger partial charge in [-0.1, -0.05) is 6.07 Å². The highest BCUT2D eigenvalue weighted by Crippen LogP contribution is 2.16. The van der Waals surface area contributed by atoms with E-state index in [0.717, 1.165) is 5.65 Å². The molecule has 0 saturated carbocycles. The number of esters is 2. The van der Waals surface area contributed by atoms with Crippen molar-refractivity contribution in [3.63, 3.8) is 0 Å². The third kappa shape index (κ3) is 2.87. The average Bonchev–Trinajstić information content (AvgIpc) is 2.94. The number of hydrogen-bond donors (Lipinski definition) is 0. The van der Waals surface area contributed by atoms with E-state index in [1.165, 1.54) is 14.2 Å². The molecule has 20 heavy (non-hydrogen) atoms. The molecular weight excluding hydrogens is 262 g/mol. The monoisotopic (exact) mass is 277 g/mol. The summed E-state index contributed by atoms with van der Waals surface area (Å²) >= 11 is 0. The van der Waals surface area contributed by atoms with E-state index in [4.69, 9.17) is 0 Å². The SMILES string of the molecule is COC(=O)CN(CC(=O)OC)c1cccc2nccn12. The third-order valence-electron chi connectivity index (χ3n) is 2.83. The molecule has 0 aromatic carbocycles. The second-order valence-electron chi connectivity index (χ2n) is 4.05. The molecule has 0 atom stereocenters. The van der Waals surface area contributed by atoms with Gasteiger partial charge in [-0.2, -0.15) is 0 Å². The molecule has 0 unspecified atom stereocenters. The minimum absolute atomic E-state index is 0.0527. The number of nitrogens with zero attached hydrogens (tertiary/aromatic N) is 3. The summed E-state index contributed by atoms with van der Waals surface area (Å²) in [6.07, 6.45) is 3.40. The number of pyridine rings is 1. The first kappa shape index (κ1) is 13.9. The van der Waals surface area contributed by atoms with Crippen LogP contribution in [0, 0.1) is 0 Å². The predicted molar refractivity (Wildman–Crippen MR) is 71.4 cm³/mol. The number of carbonyl (C=O) groups is 2. The highest BCUT2D eigenvalue weighted by molar-refractivity contribution is 5.81. The molecule has 0 N–H and O–H groups in total. The predicted octanol–water partition coefficient (Wildman–Crippen LogP) is 0.487. The molecular formula is C13H15N3O4. The Balaban J connectivity index is 2.36. The lowest BCUT2D eigenvalue weighted by Gasteiger charge is -2.23. The Bertz CT molecular complexity index is 605. The lowest BCUT2D eigenvalue weighted by atomic mass is 10.3. The summed E-state index contributed by atoms with van der Waals surface area (Å²) < 4.78 is 11.1. The molecule has 0 radical (unpaired) electrons. The first-order chi connectivity index (χ1) is 9.65. The van der Waals surface area contributed by atoms with Gasteiger partial charge in [-0.05, 0) is 12.1 Å². The van der Waals surface area contributed by atoms with Crippen LogP contribution < -0.4 is 4.90 Å². The molecule has 7 heteroatoms. The van der Waals surface area contributed by atoms with Crippen LogP contribution in [0.15, 0.2) is 30.6 Å². The van der Waals surface area contributed by atoms with Gasteiger partial charge in [-0.3, -0.25) is 14.0 Å². The molecule has 106 valence electrons. The molecule has 0 aliphatic carbocycles. The van der Waals surface area contributed by atoms with Crippen LogP contribution in [0.2, 0.25) is 0 Å². The second-order valence-corrected chi connectivity index (χ2v) is 4.05. The Morgan fingerprint density at radius 1 is 1.20 bits per heavy atom. The van der Waals surface area contributed by atoms with Crippen LogP contribution in [-0.4, -0.2) is 48.6 Å². The summed E-state index contributed by atoms with van der Waals surface area (Å²) in [6, 6.07) is 5.43. The van der Waals surface area contributed by atoms with E-state index >= 15 is 0 Å². The molecule has 7 nitrogen and oxygen atoms in total. The lowest BCUT2D eigenvalue weighted by molar-refractivity contribution is -0.140. The maximum absolute atomic E-state index is 11.5. The van der Waals surface area contributed by atoms with Crippen LogP contribution in [0.25, 0.3) is 5.65 Å². The zero-order chi connectivity index (χ0) is 14.5. The highest BCUT2D eigenvalue weighted by Gasteiger charge is 2.18. The maximum Gasteiger partial charge on any atom is 0.325 e. The minimum atomic E-state index is -0.439. The van der Waals surface area contributed by atoms with Crippen LogP contribution in [0.3, 0.4) is 0 Å². The molecule has 0 aliphatic rings. The number of imidazole rings is 1. The fourth-order valence-corrected chi connectivity index (χ4v) is 1.85. The van der Waals surface area contributed by atoms with Crippen molar-refractivity contribution in [2.45, 2.75) is 0 Å². The molecule has 0 aliphatic heterocycles. The Kier molecular flexibility index (Phi) is 4.19. The van der Waals surface area contributed by atoms with Gasteiger partial charge in [0.05, 0.1) is 14.2 Å². The summed E-state index contributed by atoms with van der Waals surface area (Å²) in [4.78, 5) is 28.7. The third-order valence-corrected chi connectivity index (χ3v) is 2.83. The van der Waals surface area contributed by atoms with Gasteiger partial charge < -0.3 is 14.4 Å². The molecule has 2 heterocycles. The summed E-state index contributed by atoms with van der Waals surface area (Å²) in [5.41, 5.74) is 0.724. The lowest BCUT2D eigenvalue weighted by Crippen LogP contribution is -2.36. The van der Waals surface area contributed by atoms with Crippen molar-refractivity contribution >= 4 is 23.4 Å². The van der Waals surface area contributed by atoms with E-state index in [9.17, 15) is 9.59 Å². The van der Waals surface area contributed by atoms with Crippen LogP contribution in [0.4, 0.5) is 5.82 Å². The number of methoxy groups -OCH3 is 2. The fourth-order valence-electron chi connectivity index (χ4n) is 1.85. The van der Waals surface area contributed by atoms with E-state index in [2.05, 4.69) is 14.5 Å². The Morgan fingerprint density at radius 2 is 1.85 bits per heavy atom. The van der Waals surface area contributed by atoms with Gasteiger partial charge in [-0.15, -0.1) is 0 Å². The van der Waals surface area contributed by atoms with Crippen LogP contribution >= 0.6 is 0 Å². The van der Waals surface area contributed by atoms with Gasteiger partial charge in [0.2, 0.25) is 0 Å². The first-order valence-electron chi connectivity index (χ1n) is 5.96. The van der Waals surface area contributed by atoms with Gasteiger partial charge in [0.15, 0.2) is 0 Å². The number of carbonyl (C=O) groups excluding carboxylic acids is 2. The number of rotatable bonds is 5. The van der Waals surface area contributed by atoms with Crippen molar-refractivity contribution in [3.05, 3.63) is 30.6 Å². The van der Waals surface area contributed by atoms with Gasteiger partial charge in [0, 0.05) is 12.4 Å². The fraction of sp³-hybridized carbons (Fsp3) is 0.308. The van der Waals surface area contributed by atoms with Crippen molar-refractivity contribution in [2.75, 3.05) is 32.2 Å². The van der Waals surface area contributed by atoms with Crippen molar-refractivity contribution in [1.29, 1.82) is 0 Å². The van der Waals surface area contributed by atoms with E-state index in [1.807, 2.05) is 6.07 Å². The minimum Gasteiger partial charge on any atom is -0.468 e. The number of fused-ring (bicyclic) bond motifs is 1. The molecule has 2 aromatic rings. The number of ether oxygens (including phenoxy) is 2. The quantitative estimate of drug-likeness (QED) is 0.740. The smallest absolute Gasteiger partial charge is 0.325 e. The number of anilines is 1. The second kappa shape index (κ2) is 6.05. The normalized spacial score (nSPS) is 10.3. The molecule has 2 rings (SSSR count). The summed E-state index contributed by atoms with van der Waals surface area (Å²) in [5, 5.41) is 0. The van der Waals surface area contributed by atoms with Gasteiger partial charge in [0.1, 0.15) is 24.6 Å². The van der Waals surface area contributed by atoms with E-state index < -0.39 is 11.9 Å². The highest BCUT2D eigenvalue weighted by atomic mass is 16.5. The van der Waals surface area contributed by atoms with Crippen LogP contribution in [0.1, 0.15) is 0 Å². The molecule has 0 amide bonds. The van der Waals surface area contributed by atoms with E-state index in [0.29, 0.717) is 5.82 Å². The molecule has 0 bridgehead atoms. The molecule has 0 fully saturated rings. The Hall–Kier alpha value is -2.57. The van der Waals surface area contributed by atoms with Crippen molar-refractivity contribution in [1.82, 2.24) is 9.38 Å². The van der Waals surface area contributed by atoms with Gasteiger partial charge in [-0.25, -0.2) is 4.98 Å². The van der Waals surface area contributed by atoms with E-state index in [1.54, 1.807) is 33.8 Å². The number of hydrogen-bond acceptors (Lipinski definition) is 6. The topological polar surface area (TPSA) is 73.1 Å². The first-order valence-corrected chi connectivity index (χ1v) is 5.96. The van der Waals surface area contributed by atoms with E-state index in [-0.39, 0.29) is 13.1 Å². The summed E-state index contributed by atoms with van der Waals surface area (Å²) in [6.45, 7) is -0.105. The standard InChI is InChI=1S/C13H15N3O4/c1-19-12(17)8-15(9-13(18)20-2)11-5-3-4-10-14-6-7-16(10)11/h3-7H,8-9H2,1-2H3. The Morgan fingerprint density at radius 3 is 2.45 bits per heavy atom. The molecule has 0 saturated heterocycles. The van der Waals surface area contributed by atoms with Crippen LogP contribution in [-0.2, 0) is 19.1 Å². The van der Waals surface area contributed by atoms with Crippen molar-refractivity contribution in [3.8, 4) is 0 Å². The van der Waals surface area contributed by atoms with Gasteiger partial charge >= 0.3 is 11.9 Å².